The molecule has 186 valence electrons. The number of hydrogen-bond acceptors (Lipinski definition) is 7. The second-order valence-electron chi connectivity index (χ2n) is 9.78. The van der Waals surface area contributed by atoms with Crippen LogP contribution in [0.3, 0.4) is 0 Å². The average molecular weight is 506 g/mol. The molecule has 0 aromatic carbocycles. The molecule has 6 rings (SSSR count). The summed E-state index contributed by atoms with van der Waals surface area (Å²) in [6.07, 6.45) is 11.1. The molecule has 1 saturated carbocycles. The second-order valence-corrected chi connectivity index (χ2v) is 11.0. The van der Waals surface area contributed by atoms with E-state index in [0.29, 0.717) is 16.7 Å². The first-order chi connectivity index (χ1) is 17.5. The maximum Gasteiger partial charge on any atom is 0.274 e. The number of nitrogens with one attached hydrogen (secondary N) is 1. The predicted octanol–water partition coefficient (Wildman–Crippen LogP) is 3.18. The number of aliphatic hydroxyl groups is 1. The van der Waals surface area contributed by atoms with E-state index in [1.807, 2.05) is 6.21 Å². The van der Waals surface area contributed by atoms with Crippen LogP contribution in [0.1, 0.15) is 44.1 Å². The van der Waals surface area contributed by atoms with Crippen LogP contribution in [0.25, 0.3) is 11.1 Å². The molecule has 4 aliphatic rings. The van der Waals surface area contributed by atoms with Crippen LogP contribution in [0.5, 0.6) is 0 Å². The number of hydrogen-bond donors (Lipinski definition) is 2. The third kappa shape index (κ3) is 3.88. The number of anilines is 2. The topological polar surface area (TPSA) is 117 Å². The second kappa shape index (κ2) is 9.01. The number of fused-ring (bicyclic) bond motifs is 2. The third-order valence-corrected chi connectivity index (χ3v) is 8.84. The van der Waals surface area contributed by atoms with Crippen LogP contribution < -0.4 is 15.9 Å². The molecule has 0 radical (unpaired) electrons. The van der Waals surface area contributed by atoms with Gasteiger partial charge in [0.15, 0.2) is 5.82 Å². The first kappa shape index (κ1) is 23.2. The van der Waals surface area contributed by atoms with E-state index in [2.05, 4.69) is 15.4 Å². The summed E-state index contributed by atoms with van der Waals surface area (Å²) in [6, 6.07) is 3.34. The molecule has 2 atom stereocenters. The zero-order valence-electron chi connectivity index (χ0n) is 19.9. The lowest BCUT2D eigenvalue weighted by molar-refractivity contribution is -0.119. The van der Waals surface area contributed by atoms with Gasteiger partial charge in [0.25, 0.3) is 11.5 Å². The number of thioether (sulfide) groups is 1. The fourth-order valence-electron chi connectivity index (χ4n) is 5.26. The molecular formula is C26H27N5O4S. The summed E-state index contributed by atoms with van der Waals surface area (Å²) < 4.78 is 1.40. The maximum atomic E-state index is 13.6. The molecule has 4 heterocycles. The summed E-state index contributed by atoms with van der Waals surface area (Å²) in [5.41, 5.74) is 2.88. The zero-order chi connectivity index (χ0) is 25.0. The molecule has 1 fully saturated rings. The summed E-state index contributed by atoms with van der Waals surface area (Å²) in [4.78, 5) is 44.3. The number of carbonyl (C=O) groups is 2. The van der Waals surface area contributed by atoms with E-state index < -0.39 is 0 Å². The lowest BCUT2D eigenvalue weighted by Crippen LogP contribution is -2.43. The molecule has 2 N–H and O–H groups in total. The van der Waals surface area contributed by atoms with Gasteiger partial charge < -0.3 is 15.0 Å². The van der Waals surface area contributed by atoms with Gasteiger partial charge in [0.05, 0.1) is 6.61 Å². The van der Waals surface area contributed by atoms with Crippen molar-refractivity contribution >= 4 is 41.3 Å². The molecule has 2 aromatic rings. The minimum absolute atomic E-state index is 0.0242. The van der Waals surface area contributed by atoms with Crippen LogP contribution in [-0.2, 0) is 23.2 Å². The zero-order valence-corrected chi connectivity index (χ0v) is 20.8. The van der Waals surface area contributed by atoms with Crippen molar-refractivity contribution in [2.75, 3.05) is 10.3 Å². The number of aliphatic hydroxyl groups excluding tert-OH is 1. The largest absolute Gasteiger partial charge is 0.392 e. The summed E-state index contributed by atoms with van der Waals surface area (Å²) in [6.45, 7) is -0.375. The van der Waals surface area contributed by atoms with Gasteiger partial charge in [-0.15, -0.1) is 11.8 Å². The number of pyridine rings is 2. The Morgan fingerprint density at radius 1 is 1.25 bits per heavy atom. The number of aryl methyl sites for hydroxylation is 1. The van der Waals surface area contributed by atoms with Crippen LogP contribution in [0.2, 0.25) is 0 Å². The Morgan fingerprint density at radius 3 is 2.83 bits per heavy atom. The van der Waals surface area contributed by atoms with Crippen LogP contribution in [0, 0.1) is 11.8 Å². The number of nitrogens with zero attached hydrogens (tertiary/aromatic N) is 4. The van der Waals surface area contributed by atoms with Crippen molar-refractivity contribution in [3.63, 3.8) is 0 Å². The van der Waals surface area contributed by atoms with E-state index >= 15 is 0 Å². The number of rotatable bonds is 5. The van der Waals surface area contributed by atoms with Gasteiger partial charge >= 0.3 is 0 Å². The fourth-order valence-corrected chi connectivity index (χ4v) is 6.80. The van der Waals surface area contributed by atoms with E-state index in [-0.39, 0.29) is 52.6 Å². The van der Waals surface area contributed by atoms with Gasteiger partial charge in [-0.25, -0.2) is 4.98 Å². The number of allylic oxidation sites excluding steroid dienone is 2. The standard InChI is InChI=1S/C26H27N5O4S/c1-30-12-15(10-20(25(30)34)29-24(33)14-6-7-14)16-8-9-27-23(19(16)13-32)31-26(35)22-18(11-28-31)17-4-2-3-5-21(17)36-22/h8-12,14,18,22,32H,2-7,13H2,1H3,(H,29,33). The Morgan fingerprint density at radius 2 is 2.06 bits per heavy atom. The van der Waals surface area contributed by atoms with Crippen molar-refractivity contribution < 1.29 is 14.7 Å². The Labute approximate surface area is 212 Å². The van der Waals surface area contributed by atoms with E-state index in [0.717, 1.165) is 38.5 Å². The monoisotopic (exact) mass is 505 g/mol. The van der Waals surface area contributed by atoms with Crippen molar-refractivity contribution in [1.82, 2.24) is 9.55 Å². The van der Waals surface area contributed by atoms with E-state index in [9.17, 15) is 19.5 Å². The molecule has 2 amide bonds. The SMILES string of the molecule is Cn1cc(-c2ccnc(N3N=CC4C5=C(CCCC5)SC4C3=O)c2CO)cc(NC(=O)C2CC2)c1=O. The van der Waals surface area contributed by atoms with Crippen LogP contribution in [0.4, 0.5) is 11.5 Å². The minimum atomic E-state index is -0.375. The molecule has 2 aliphatic carbocycles. The molecular weight excluding hydrogens is 478 g/mol. The summed E-state index contributed by atoms with van der Waals surface area (Å²) >= 11 is 1.65. The Bertz CT molecular complexity index is 1390. The molecule has 0 bridgehead atoms. The highest BCUT2D eigenvalue weighted by molar-refractivity contribution is 8.04. The summed E-state index contributed by atoms with van der Waals surface area (Å²) in [5.74, 6) is -0.0395. The molecule has 0 spiro atoms. The molecule has 2 unspecified atom stereocenters. The summed E-state index contributed by atoms with van der Waals surface area (Å²) in [7, 11) is 1.62. The molecule has 2 aromatic heterocycles. The quantitative estimate of drug-likeness (QED) is 0.645. The minimum Gasteiger partial charge on any atom is -0.392 e. The number of hydrazone groups is 1. The van der Waals surface area contributed by atoms with Crippen molar-refractivity contribution in [2.24, 2.45) is 24.0 Å². The van der Waals surface area contributed by atoms with Crippen molar-refractivity contribution in [3.8, 4) is 11.1 Å². The van der Waals surface area contributed by atoms with E-state index in [4.69, 9.17) is 0 Å². The highest BCUT2D eigenvalue weighted by Crippen LogP contribution is 2.50. The number of amides is 2. The third-order valence-electron chi connectivity index (χ3n) is 7.34. The average Bonchev–Trinajstić information content (AvgIpc) is 3.67. The van der Waals surface area contributed by atoms with Crippen molar-refractivity contribution in [3.05, 3.63) is 50.9 Å². The predicted molar refractivity (Wildman–Crippen MR) is 139 cm³/mol. The normalized spacial score (nSPS) is 23.1. The molecule has 9 nitrogen and oxygen atoms in total. The smallest absolute Gasteiger partial charge is 0.274 e. The molecule has 0 saturated heterocycles. The van der Waals surface area contributed by atoms with Gasteiger partial charge in [0.1, 0.15) is 10.9 Å². The summed E-state index contributed by atoms with van der Waals surface area (Å²) in [5, 5.41) is 18.7. The fraction of sp³-hybridized carbons (Fsp3) is 0.423. The first-order valence-corrected chi connectivity index (χ1v) is 13.2. The van der Waals surface area contributed by atoms with Gasteiger partial charge in [-0.3, -0.25) is 14.4 Å². The van der Waals surface area contributed by atoms with Crippen LogP contribution in [0.15, 0.2) is 44.9 Å². The Hall–Kier alpha value is -3.24. The van der Waals surface area contributed by atoms with Crippen molar-refractivity contribution in [1.29, 1.82) is 0 Å². The van der Waals surface area contributed by atoms with Gasteiger partial charge in [-0.2, -0.15) is 10.1 Å². The number of carbonyl (C=O) groups excluding carboxylic acids is 2. The van der Waals surface area contributed by atoms with Crippen molar-refractivity contribution in [2.45, 2.75) is 50.4 Å². The van der Waals surface area contributed by atoms with E-state index in [1.165, 1.54) is 20.1 Å². The number of aromatic nitrogens is 2. The van der Waals surface area contributed by atoms with Crippen LogP contribution >= 0.6 is 11.8 Å². The van der Waals surface area contributed by atoms with Gasteiger partial charge in [0.2, 0.25) is 5.91 Å². The lowest BCUT2D eigenvalue weighted by Gasteiger charge is -2.29. The highest BCUT2D eigenvalue weighted by atomic mass is 32.2. The molecule has 36 heavy (non-hydrogen) atoms. The van der Waals surface area contributed by atoms with Gasteiger partial charge in [-0.05, 0) is 61.1 Å². The maximum absolute atomic E-state index is 13.6. The Kier molecular flexibility index (Phi) is 5.80. The molecule has 2 aliphatic heterocycles. The van der Waals surface area contributed by atoms with Gasteiger partial charge in [0, 0.05) is 48.6 Å². The highest BCUT2D eigenvalue weighted by Gasteiger charge is 2.45. The van der Waals surface area contributed by atoms with Gasteiger partial charge in [-0.1, -0.05) is 5.57 Å². The molecule has 10 heteroatoms. The Balaban J connectivity index is 1.36. The lowest BCUT2D eigenvalue weighted by atomic mass is 9.87. The first-order valence-electron chi connectivity index (χ1n) is 12.3. The van der Waals surface area contributed by atoms with Crippen LogP contribution in [-0.4, -0.2) is 37.9 Å². The van der Waals surface area contributed by atoms with E-state index in [1.54, 1.807) is 43.3 Å².